The van der Waals surface area contributed by atoms with Gasteiger partial charge in [-0.05, 0) is 59.4 Å². The summed E-state index contributed by atoms with van der Waals surface area (Å²) in [6, 6.07) is 0.760. The number of piperidine rings is 1. The first-order valence-corrected chi connectivity index (χ1v) is 7.47. The summed E-state index contributed by atoms with van der Waals surface area (Å²) in [5.74, 6) is 0. The molecule has 0 aromatic carbocycles. The van der Waals surface area contributed by atoms with Crippen LogP contribution >= 0.6 is 0 Å². The van der Waals surface area contributed by atoms with Crippen molar-refractivity contribution in [1.82, 2.24) is 15.1 Å². The highest BCUT2D eigenvalue weighted by atomic mass is 16.5. The van der Waals surface area contributed by atoms with Crippen LogP contribution in [0.15, 0.2) is 0 Å². The van der Waals surface area contributed by atoms with Crippen LogP contribution in [0.5, 0.6) is 0 Å². The fraction of sp³-hybridized carbons (Fsp3) is 1.00. The Morgan fingerprint density at radius 1 is 1.22 bits per heavy atom. The van der Waals surface area contributed by atoms with Gasteiger partial charge in [0.15, 0.2) is 0 Å². The summed E-state index contributed by atoms with van der Waals surface area (Å²) in [6.45, 7) is 6.89. The smallest absolute Gasteiger partial charge is 0.0599 e. The Balaban J connectivity index is 1.51. The lowest BCUT2D eigenvalue weighted by Gasteiger charge is -2.24. The quantitative estimate of drug-likeness (QED) is 0.710. The van der Waals surface area contributed by atoms with Crippen molar-refractivity contribution < 1.29 is 4.74 Å². The summed E-state index contributed by atoms with van der Waals surface area (Å²) >= 11 is 0. The van der Waals surface area contributed by atoms with Gasteiger partial charge in [0.1, 0.15) is 0 Å². The molecule has 4 nitrogen and oxygen atoms in total. The van der Waals surface area contributed by atoms with Crippen LogP contribution in [0.2, 0.25) is 0 Å². The molecule has 18 heavy (non-hydrogen) atoms. The average Bonchev–Trinajstić information content (AvgIpc) is 2.85. The fourth-order valence-corrected chi connectivity index (χ4v) is 2.94. The molecule has 1 atom stereocenters. The normalized spacial score (nSPS) is 27.2. The van der Waals surface area contributed by atoms with Crippen LogP contribution in [0.3, 0.4) is 0 Å². The second-order valence-corrected chi connectivity index (χ2v) is 5.88. The largest absolute Gasteiger partial charge is 0.378 e. The molecule has 2 aliphatic rings. The van der Waals surface area contributed by atoms with Gasteiger partial charge in [-0.25, -0.2) is 0 Å². The van der Waals surface area contributed by atoms with E-state index in [1.54, 1.807) is 0 Å². The molecule has 1 unspecified atom stereocenters. The zero-order chi connectivity index (χ0) is 12.8. The van der Waals surface area contributed by atoms with Crippen LogP contribution in [-0.2, 0) is 4.74 Å². The van der Waals surface area contributed by atoms with Gasteiger partial charge in [-0.15, -0.1) is 0 Å². The summed E-state index contributed by atoms with van der Waals surface area (Å²) in [7, 11) is 4.38. The molecule has 0 aromatic rings. The molecule has 2 saturated heterocycles. The zero-order valence-electron chi connectivity index (χ0n) is 12.0. The van der Waals surface area contributed by atoms with E-state index in [4.69, 9.17) is 4.74 Å². The minimum absolute atomic E-state index is 0.513. The minimum atomic E-state index is 0.513. The lowest BCUT2D eigenvalue weighted by molar-refractivity contribution is 0.0284. The maximum absolute atomic E-state index is 5.94. The molecule has 4 heteroatoms. The van der Waals surface area contributed by atoms with E-state index in [9.17, 15) is 0 Å². The van der Waals surface area contributed by atoms with E-state index < -0.39 is 0 Å². The van der Waals surface area contributed by atoms with Crippen LogP contribution in [-0.4, -0.2) is 75.4 Å². The van der Waals surface area contributed by atoms with Crippen molar-refractivity contribution in [3.63, 3.8) is 0 Å². The first kappa shape index (κ1) is 14.3. The maximum atomic E-state index is 5.94. The van der Waals surface area contributed by atoms with Gasteiger partial charge in [-0.2, -0.15) is 0 Å². The third-order valence-corrected chi connectivity index (χ3v) is 4.24. The third kappa shape index (κ3) is 4.50. The SMILES string of the molecule is CN(C)C1CCN(CCCOC2CCNCC2)C1. The van der Waals surface area contributed by atoms with Crippen molar-refractivity contribution in [3.05, 3.63) is 0 Å². The van der Waals surface area contributed by atoms with Crippen molar-refractivity contribution in [3.8, 4) is 0 Å². The molecule has 2 aliphatic heterocycles. The van der Waals surface area contributed by atoms with E-state index in [1.165, 1.54) is 45.3 Å². The average molecular weight is 255 g/mol. The van der Waals surface area contributed by atoms with Crippen molar-refractivity contribution >= 4 is 0 Å². The molecule has 0 amide bonds. The summed E-state index contributed by atoms with van der Waals surface area (Å²) in [6.07, 6.45) is 5.39. The lowest BCUT2D eigenvalue weighted by atomic mass is 10.1. The van der Waals surface area contributed by atoms with Crippen molar-refractivity contribution in [2.45, 2.75) is 37.8 Å². The minimum Gasteiger partial charge on any atom is -0.378 e. The van der Waals surface area contributed by atoms with Crippen molar-refractivity contribution in [1.29, 1.82) is 0 Å². The van der Waals surface area contributed by atoms with Gasteiger partial charge in [0, 0.05) is 25.7 Å². The number of nitrogens with zero attached hydrogens (tertiary/aromatic N) is 2. The van der Waals surface area contributed by atoms with Crippen molar-refractivity contribution in [2.24, 2.45) is 0 Å². The number of rotatable bonds is 6. The van der Waals surface area contributed by atoms with Crippen molar-refractivity contribution in [2.75, 3.05) is 53.4 Å². The highest BCUT2D eigenvalue weighted by Crippen LogP contribution is 2.13. The summed E-state index contributed by atoms with van der Waals surface area (Å²) in [5, 5.41) is 3.37. The molecule has 2 rings (SSSR count). The molecular formula is C14H29N3O. The fourth-order valence-electron chi connectivity index (χ4n) is 2.94. The Bertz CT molecular complexity index is 229. The highest BCUT2D eigenvalue weighted by molar-refractivity contribution is 4.80. The molecule has 0 saturated carbocycles. The molecule has 0 radical (unpaired) electrons. The summed E-state index contributed by atoms with van der Waals surface area (Å²) < 4.78 is 5.94. The number of ether oxygens (including phenoxy) is 1. The highest BCUT2D eigenvalue weighted by Gasteiger charge is 2.23. The monoisotopic (exact) mass is 255 g/mol. The molecule has 0 aliphatic carbocycles. The molecular weight excluding hydrogens is 226 g/mol. The van der Waals surface area contributed by atoms with Gasteiger partial charge < -0.3 is 19.9 Å². The number of hydrogen-bond acceptors (Lipinski definition) is 4. The van der Waals surface area contributed by atoms with Crippen LogP contribution in [0.4, 0.5) is 0 Å². The van der Waals surface area contributed by atoms with E-state index in [-0.39, 0.29) is 0 Å². The van der Waals surface area contributed by atoms with E-state index in [0.29, 0.717) is 6.10 Å². The summed E-state index contributed by atoms with van der Waals surface area (Å²) in [4.78, 5) is 4.93. The van der Waals surface area contributed by atoms with Crippen LogP contribution in [0.1, 0.15) is 25.7 Å². The van der Waals surface area contributed by atoms with E-state index in [0.717, 1.165) is 25.7 Å². The first-order valence-electron chi connectivity index (χ1n) is 7.47. The van der Waals surface area contributed by atoms with Gasteiger partial charge in [0.2, 0.25) is 0 Å². The molecule has 0 aromatic heterocycles. The Morgan fingerprint density at radius 2 is 2.00 bits per heavy atom. The molecule has 0 bridgehead atoms. The predicted octanol–water partition coefficient (Wildman–Crippen LogP) is 0.781. The van der Waals surface area contributed by atoms with Gasteiger partial charge >= 0.3 is 0 Å². The lowest BCUT2D eigenvalue weighted by Crippen LogP contribution is -2.33. The van der Waals surface area contributed by atoms with E-state index >= 15 is 0 Å². The molecule has 2 heterocycles. The zero-order valence-corrected chi connectivity index (χ0v) is 12.0. The second kappa shape index (κ2) is 7.43. The maximum Gasteiger partial charge on any atom is 0.0599 e. The van der Waals surface area contributed by atoms with Gasteiger partial charge in [-0.3, -0.25) is 0 Å². The van der Waals surface area contributed by atoms with Crippen LogP contribution in [0.25, 0.3) is 0 Å². The number of hydrogen-bond donors (Lipinski definition) is 1. The molecule has 1 N–H and O–H groups in total. The molecule has 2 fully saturated rings. The Morgan fingerprint density at radius 3 is 2.67 bits per heavy atom. The van der Waals surface area contributed by atoms with Gasteiger partial charge in [0.25, 0.3) is 0 Å². The van der Waals surface area contributed by atoms with E-state index in [1.807, 2.05) is 0 Å². The number of likely N-dealkylation sites (tertiary alicyclic amines) is 1. The topological polar surface area (TPSA) is 27.7 Å². The number of likely N-dealkylation sites (N-methyl/N-ethyl adjacent to an activating group) is 1. The Hall–Kier alpha value is -0.160. The third-order valence-electron chi connectivity index (χ3n) is 4.24. The molecule has 0 spiro atoms. The summed E-state index contributed by atoms with van der Waals surface area (Å²) in [5.41, 5.74) is 0. The Kier molecular flexibility index (Phi) is 5.89. The first-order chi connectivity index (χ1) is 8.75. The van der Waals surface area contributed by atoms with Gasteiger partial charge in [-0.1, -0.05) is 0 Å². The number of nitrogens with one attached hydrogen (secondary N) is 1. The van der Waals surface area contributed by atoms with E-state index in [2.05, 4.69) is 29.2 Å². The van der Waals surface area contributed by atoms with Crippen LogP contribution < -0.4 is 5.32 Å². The predicted molar refractivity (Wildman–Crippen MR) is 75.0 cm³/mol. The molecule has 106 valence electrons. The van der Waals surface area contributed by atoms with Crippen LogP contribution in [0, 0.1) is 0 Å². The Labute approximate surface area is 112 Å². The second-order valence-electron chi connectivity index (χ2n) is 5.88. The van der Waals surface area contributed by atoms with Gasteiger partial charge in [0.05, 0.1) is 6.10 Å². The standard InChI is InChI=1S/C14H29N3O/c1-16(2)13-6-10-17(12-13)9-3-11-18-14-4-7-15-8-5-14/h13-15H,3-12H2,1-2H3.